The molecular weight excluding hydrogens is 318 g/mol. The van der Waals surface area contributed by atoms with Gasteiger partial charge in [0.15, 0.2) is 5.65 Å². The van der Waals surface area contributed by atoms with Crippen LogP contribution >= 0.6 is 0 Å². The van der Waals surface area contributed by atoms with Gasteiger partial charge in [-0.25, -0.2) is 9.97 Å². The molecule has 3 aromatic heterocycles. The summed E-state index contributed by atoms with van der Waals surface area (Å²) in [6.45, 7) is 3.81. The number of H-pyrrole nitrogens is 2. The zero-order valence-electron chi connectivity index (χ0n) is 13.8. The molecule has 7 heteroatoms. The Balaban J connectivity index is 1.71. The average molecular weight is 335 g/mol. The van der Waals surface area contributed by atoms with Crippen LogP contribution < -0.4 is 10.1 Å². The number of rotatable bonds is 4. The topological polar surface area (TPSA) is 95.7 Å². The van der Waals surface area contributed by atoms with E-state index in [1.54, 1.807) is 6.20 Å². The zero-order chi connectivity index (χ0) is 17.4. The highest BCUT2D eigenvalue weighted by atomic mass is 16.5. The minimum absolute atomic E-state index is 0.0380. The minimum Gasteiger partial charge on any atom is -0.437 e. The number of aromatic amines is 2. The Hall–Kier alpha value is -3.35. The second-order valence-electron chi connectivity index (χ2n) is 6.03. The van der Waals surface area contributed by atoms with Gasteiger partial charge in [0.25, 0.3) is 5.91 Å². The van der Waals surface area contributed by atoms with Gasteiger partial charge in [0.1, 0.15) is 11.3 Å². The van der Waals surface area contributed by atoms with Crippen molar-refractivity contribution < 1.29 is 9.53 Å². The van der Waals surface area contributed by atoms with Crippen molar-refractivity contribution in [1.29, 1.82) is 0 Å². The van der Waals surface area contributed by atoms with Crippen molar-refractivity contribution in [1.82, 2.24) is 25.3 Å². The molecule has 1 aromatic carbocycles. The fraction of sp³-hybridized carbons (Fsp3) is 0.167. The molecule has 126 valence electrons. The average Bonchev–Trinajstić information content (AvgIpc) is 3.21. The summed E-state index contributed by atoms with van der Waals surface area (Å²) in [6, 6.07) is 7.71. The molecule has 4 rings (SSSR count). The largest absolute Gasteiger partial charge is 0.437 e. The third kappa shape index (κ3) is 2.80. The molecular formula is C18H17N5O2. The fourth-order valence-electron chi connectivity index (χ4n) is 2.70. The van der Waals surface area contributed by atoms with Crippen LogP contribution in [-0.4, -0.2) is 31.9 Å². The van der Waals surface area contributed by atoms with Crippen LogP contribution in [0.15, 0.2) is 42.9 Å². The molecule has 0 saturated heterocycles. The normalized spacial score (nSPS) is 11.3. The number of carbonyl (C=O) groups excluding carboxylic acids is 1. The maximum atomic E-state index is 12.3. The first kappa shape index (κ1) is 15.2. The number of amides is 1. The van der Waals surface area contributed by atoms with Gasteiger partial charge in [0.05, 0.1) is 11.8 Å². The quantitative estimate of drug-likeness (QED) is 0.533. The first-order chi connectivity index (χ1) is 12.1. The minimum atomic E-state index is -0.194. The molecule has 0 spiro atoms. The van der Waals surface area contributed by atoms with E-state index in [1.165, 1.54) is 6.20 Å². The number of fused-ring (bicyclic) bond motifs is 2. The Morgan fingerprint density at radius 1 is 1.24 bits per heavy atom. The van der Waals surface area contributed by atoms with Gasteiger partial charge in [-0.15, -0.1) is 0 Å². The number of nitrogens with one attached hydrogen (secondary N) is 3. The van der Waals surface area contributed by atoms with Gasteiger partial charge in [-0.3, -0.25) is 4.79 Å². The SMILES string of the molecule is CC(C)NC(=O)c1c[nH]c2ncc(Oc3cccc4[nH]ccc34)nc12. The Kier molecular flexibility index (Phi) is 3.61. The van der Waals surface area contributed by atoms with Crippen LogP contribution in [0, 0.1) is 0 Å². The van der Waals surface area contributed by atoms with Crippen molar-refractivity contribution >= 4 is 28.0 Å². The van der Waals surface area contributed by atoms with Crippen LogP contribution in [0.4, 0.5) is 0 Å². The van der Waals surface area contributed by atoms with E-state index in [-0.39, 0.29) is 11.9 Å². The van der Waals surface area contributed by atoms with E-state index in [2.05, 4.69) is 25.3 Å². The molecule has 7 nitrogen and oxygen atoms in total. The van der Waals surface area contributed by atoms with Crippen molar-refractivity contribution in [3.05, 3.63) is 48.4 Å². The zero-order valence-corrected chi connectivity index (χ0v) is 13.8. The van der Waals surface area contributed by atoms with E-state index in [0.717, 1.165) is 10.9 Å². The van der Waals surface area contributed by atoms with Crippen LogP contribution in [-0.2, 0) is 0 Å². The van der Waals surface area contributed by atoms with Gasteiger partial charge in [-0.1, -0.05) is 6.07 Å². The molecule has 0 atom stereocenters. The Morgan fingerprint density at radius 3 is 2.96 bits per heavy atom. The molecule has 3 heterocycles. The van der Waals surface area contributed by atoms with Gasteiger partial charge in [0.2, 0.25) is 5.88 Å². The standard InChI is InChI=1S/C18H17N5O2/c1-10(2)22-18(24)12-8-20-17-16(12)23-15(9-21-17)25-14-5-3-4-13-11(14)6-7-19-13/h3-10,19H,1-2H3,(H,20,21)(H,22,24). The Morgan fingerprint density at radius 2 is 2.12 bits per heavy atom. The molecule has 0 bridgehead atoms. The summed E-state index contributed by atoms with van der Waals surface area (Å²) in [6.07, 6.45) is 5.00. The summed E-state index contributed by atoms with van der Waals surface area (Å²) in [7, 11) is 0. The number of benzene rings is 1. The summed E-state index contributed by atoms with van der Waals surface area (Å²) in [5.74, 6) is 0.816. The molecule has 0 aliphatic rings. The molecule has 4 aromatic rings. The number of nitrogens with zero attached hydrogens (tertiary/aromatic N) is 2. The molecule has 0 unspecified atom stereocenters. The molecule has 0 radical (unpaired) electrons. The van der Waals surface area contributed by atoms with E-state index in [0.29, 0.717) is 28.4 Å². The summed E-state index contributed by atoms with van der Waals surface area (Å²) >= 11 is 0. The first-order valence-electron chi connectivity index (χ1n) is 8.01. The van der Waals surface area contributed by atoms with Crippen molar-refractivity contribution in [2.24, 2.45) is 0 Å². The van der Waals surface area contributed by atoms with Gasteiger partial charge in [-0.2, -0.15) is 0 Å². The third-order valence-corrected chi connectivity index (χ3v) is 3.79. The van der Waals surface area contributed by atoms with Crippen molar-refractivity contribution in [3.8, 4) is 11.6 Å². The second kappa shape index (κ2) is 5.94. The predicted molar refractivity (Wildman–Crippen MR) is 94.9 cm³/mol. The smallest absolute Gasteiger partial charge is 0.255 e. The van der Waals surface area contributed by atoms with Crippen molar-refractivity contribution in [3.63, 3.8) is 0 Å². The highest BCUT2D eigenvalue weighted by Gasteiger charge is 2.16. The number of hydrogen-bond donors (Lipinski definition) is 3. The van der Waals surface area contributed by atoms with Crippen molar-refractivity contribution in [2.75, 3.05) is 0 Å². The fourth-order valence-corrected chi connectivity index (χ4v) is 2.70. The summed E-state index contributed by atoms with van der Waals surface area (Å²) in [5.41, 5.74) is 2.45. The van der Waals surface area contributed by atoms with Crippen LogP contribution in [0.3, 0.4) is 0 Å². The summed E-state index contributed by atoms with van der Waals surface area (Å²) < 4.78 is 5.90. The van der Waals surface area contributed by atoms with E-state index in [9.17, 15) is 4.79 Å². The van der Waals surface area contributed by atoms with Gasteiger partial charge in [-0.05, 0) is 32.0 Å². The van der Waals surface area contributed by atoms with E-state index < -0.39 is 0 Å². The highest BCUT2D eigenvalue weighted by molar-refractivity contribution is 6.04. The maximum Gasteiger partial charge on any atom is 0.255 e. The molecule has 0 fully saturated rings. The third-order valence-electron chi connectivity index (χ3n) is 3.79. The predicted octanol–water partition coefficient (Wildman–Crippen LogP) is 3.37. The first-order valence-corrected chi connectivity index (χ1v) is 8.01. The molecule has 1 amide bonds. The maximum absolute atomic E-state index is 12.3. The Labute approximate surface area is 143 Å². The lowest BCUT2D eigenvalue weighted by atomic mass is 10.2. The van der Waals surface area contributed by atoms with E-state index in [4.69, 9.17) is 4.74 Å². The monoisotopic (exact) mass is 335 g/mol. The Bertz CT molecular complexity index is 1060. The van der Waals surface area contributed by atoms with Crippen LogP contribution in [0.1, 0.15) is 24.2 Å². The second-order valence-corrected chi connectivity index (χ2v) is 6.03. The van der Waals surface area contributed by atoms with Crippen LogP contribution in [0.25, 0.3) is 22.1 Å². The molecule has 25 heavy (non-hydrogen) atoms. The molecule has 3 N–H and O–H groups in total. The van der Waals surface area contributed by atoms with Crippen LogP contribution in [0.5, 0.6) is 11.6 Å². The summed E-state index contributed by atoms with van der Waals surface area (Å²) in [5, 5.41) is 3.81. The lowest BCUT2D eigenvalue weighted by molar-refractivity contribution is 0.0944. The van der Waals surface area contributed by atoms with E-state index in [1.807, 2.05) is 44.3 Å². The lowest BCUT2D eigenvalue weighted by Crippen LogP contribution is -2.29. The van der Waals surface area contributed by atoms with Crippen molar-refractivity contribution in [2.45, 2.75) is 19.9 Å². The molecule has 0 saturated carbocycles. The number of ether oxygens (including phenoxy) is 1. The van der Waals surface area contributed by atoms with Gasteiger partial charge < -0.3 is 20.0 Å². The van der Waals surface area contributed by atoms with Crippen LogP contribution in [0.2, 0.25) is 0 Å². The summed E-state index contributed by atoms with van der Waals surface area (Å²) in [4.78, 5) is 27.2. The number of aromatic nitrogens is 4. The lowest BCUT2D eigenvalue weighted by Gasteiger charge is -2.08. The number of hydrogen-bond acceptors (Lipinski definition) is 4. The highest BCUT2D eigenvalue weighted by Crippen LogP contribution is 2.29. The molecule has 0 aliphatic carbocycles. The number of carbonyl (C=O) groups is 1. The molecule has 0 aliphatic heterocycles. The van der Waals surface area contributed by atoms with Gasteiger partial charge >= 0.3 is 0 Å². The van der Waals surface area contributed by atoms with Gasteiger partial charge in [0, 0.05) is 29.3 Å². The van der Waals surface area contributed by atoms with E-state index >= 15 is 0 Å².